The highest BCUT2D eigenvalue weighted by atomic mass is 32.2. The highest BCUT2D eigenvalue weighted by Crippen LogP contribution is 2.33. The summed E-state index contributed by atoms with van der Waals surface area (Å²) in [5.41, 5.74) is 0.510. The Balaban J connectivity index is 2.67. The molecule has 0 fully saturated rings. The van der Waals surface area contributed by atoms with Gasteiger partial charge in [-0.1, -0.05) is 6.92 Å². The first-order valence-corrected chi connectivity index (χ1v) is 6.84. The third-order valence-electron chi connectivity index (χ3n) is 2.43. The van der Waals surface area contributed by atoms with Crippen LogP contribution in [0.1, 0.15) is 6.92 Å². The molecule has 1 heterocycles. The Kier molecular flexibility index (Phi) is 3.17. The molecule has 0 bridgehead atoms. The number of hydrogen-bond donors (Lipinski definition) is 1. The predicted molar refractivity (Wildman–Crippen MR) is 60.5 cm³/mol. The summed E-state index contributed by atoms with van der Waals surface area (Å²) < 4.78 is 64.2. The van der Waals surface area contributed by atoms with Gasteiger partial charge in [-0.25, -0.2) is 13.4 Å². The van der Waals surface area contributed by atoms with Gasteiger partial charge in [-0.15, -0.1) is 13.2 Å². The van der Waals surface area contributed by atoms with Crippen molar-refractivity contribution in [3.63, 3.8) is 0 Å². The first kappa shape index (κ1) is 13.7. The van der Waals surface area contributed by atoms with Crippen LogP contribution in [-0.2, 0) is 9.84 Å². The monoisotopic (exact) mass is 294 g/mol. The first-order valence-electron chi connectivity index (χ1n) is 5.18. The Morgan fingerprint density at radius 2 is 2.05 bits per heavy atom. The molecular weight excluding hydrogens is 285 g/mol. The van der Waals surface area contributed by atoms with Crippen LogP contribution in [0.4, 0.5) is 13.2 Å². The standard InChI is InChI=1S/C10H9F3N2O3S/c1-2-19(16,17)9-4-7-6(14-5-15-7)3-8(9)18-10(11,12)13/h3-5H,2H2,1H3,(H,14,15). The minimum atomic E-state index is -4.97. The summed E-state index contributed by atoms with van der Waals surface area (Å²) in [4.78, 5) is 5.88. The van der Waals surface area contributed by atoms with Gasteiger partial charge in [0.15, 0.2) is 9.84 Å². The smallest absolute Gasteiger partial charge is 0.404 e. The molecule has 0 atom stereocenters. The highest BCUT2D eigenvalue weighted by Gasteiger charge is 2.34. The Labute approximate surface area is 106 Å². The second-order valence-electron chi connectivity index (χ2n) is 3.67. The van der Waals surface area contributed by atoms with E-state index in [1.165, 1.54) is 13.3 Å². The number of hydrogen-bond acceptors (Lipinski definition) is 4. The molecule has 1 N–H and O–H groups in total. The molecule has 0 unspecified atom stereocenters. The molecule has 0 saturated heterocycles. The molecule has 0 aliphatic heterocycles. The molecule has 0 spiro atoms. The number of H-pyrrole nitrogens is 1. The summed E-state index contributed by atoms with van der Waals surface area (Å²) in [6.07, 6.45) is -3.72. The normalized spacial score (nSPS) is 12.8. The fourth-order valence-electron chi connectivity index (χ4n) is 1.55. The van der Waals surface area contributed by atoms with Gasteiger partial charge in [-0.3, -0.25) is 0 Å². The van der Waals surface area contributed by atoms with E-state index in [2.05, 4.69) is 14.7 Å². The lowest BCUT2D eigenvalue weighted by Crippen LogP contribution is -2.19. The molecule has 9 heteroatoms. The van der Waals surface area contributed by atoms with E-state index in [0.29, 0.717) is 5.52 Å². The number of nitrogens with zero attached hydrogens (tertiary/aromatic N) is 1. The van der Waals surface area contributed by atoms with Crippen molar-refractivity contribution in [2.45, 2.75) is 18.2 Å². The number of rotatable bonds is 3. The zero-order chi connectivity index (χ0) is 14.3. The zero-order valence-corrected chi connectivity index (χ0v) is 10.5. The van der Waals surface area contributed by atoms with E-state index in [-0.39, 0.29) is 11.3 Å². The van der Waals surface area contributed by atoms with Crippen molar-refractivity contribution < 1.29 is 26.3 Å². The van der Waals surface area contributed by atoms with Crippen molar-refractivity contribution in [2.24, 2.45) is 0 Å². The van der Waals surface area contributed by atoms with Crippen LogP contribution in [-0.4, -0.2) is 30.5 Å². The van der Waals surface area contributed by atoms with Crippen LogP contribution in [0.25, 0.3) is 11.0 Å². The SMILES string of the molecule is CCS(=O)(=O)c1cc2[nH]cnc2cc1OC(F)(F)F. The average molecular weight is 294 g/mol. The van der Waals surface area contributed by atoms with E-state index in [0.717, 1.165) is 12.1 Å². The van der Waals surface area contributed by atoms with Gasteiger partial charge in [-0.2, -0.15) is 0 Å². The maximum atomic E-state index is 12.3. The number of alkyl halides is 3. The Bertz CT molecular complexity index is 706. The second kappa shape index (κ2) is 4.41. The third kappa shape index (κ3) is 2.80. The number of ether oxygens (including phenoxy) is 1. The molecular formula is C10H9F3N2O3S. The molecule has 104 valence electrons. The van der Waals surface area contributed by atoms with E-state index in [1.807, 2.05) is 0 Å². The van der Waals surface area contributed by atoms with Gasteiger partial charge in [-0.05, 0) is 6.07 Å². The van der Waals surface area contributed by atoms with Crippen LogP contribution < -0.4 is 4.74 Å². The van der Waals surface area contributed by atoms with E-state index < -0.39 is 26.8 Å². The molecule has 0 radical (unpaired) electrons. The van der Waals surface area contributed by atoms with E-state index in [9.17, 15) is 21.6 Å². The maximum absolute atomic E-state index is 12.3. The minimum Gasteiger partial charge on any atom is -0.404 e. The molecule has 1 aromatic heterocycles. The average Bonchev–Trinajstić information content (AvgIpc) is 2.72. The largest absolute Gasteiger partial charge is 0.573 e. The molecule has 2 rings (SSSR count). The molecule has 5 nitrogen and oxygen atoms in total. The van der Waals surface area contributed by atoms with Gasteiger partial charge < -0.3 is 9.72 Å². The summed E-state index contributed by atoms with van der Waals surface area (Å²) in [6, 6.07) is 2.03. The fraction of sp³-hybridized carbons (Fsp3) is 0.300. The molecule has 0 saturated carbocycles. The summed E-state index contributed by atoms with van der Waals surface area (Å²) >= 11 is 0. The molecule has 0 aliphatic rings. The number of aromatic nitrogens is 2. The molecule has 0 amide bonds. The van der Waals surface area contributed by atoms with E-state index >= 15 is 0 Å². The minimum absolute atomic E-state index is 0.189. The topological polar surface area (TPSA) is 72.0 Å². The van der Waals surface area contributed by atoms with Gasteiger partial charge in [0.05, 0.1) is 23.1 Å². The van der Waals surface area contributed by atoms with Crippen molar-refractivity contribution >= 4 is 20.9 Å². The van der Waals surface area contributed by atoms with Crippen LogP contribution in [0.2, 0.25) is 0 Å². The predicted octanol–water partition coefficient (Wildman–Crippen LogP) is 2.26. The number of halogens is 3. The lowest BCUT2D eigenvalue weighted by atomic mass is 10.3. The van der Waals surface area contributed by atoms with Crippen molar-refractivity contribution in [3.05, 3.63) is 18.5 Å². The number of nitrogens with one attached hydrogen (secondary N) is 1. The molecule has 1 aromatic carbocycles. The van der Waals surface area contributed by atoms with Crippen LogP contribution >= 0.6 is 0 Å². The van der Waals surface area contributed by atoms with Crippen molar-refractivity contribution in [1.29, 1.82) is 0 Å². The molecule has 0 aliphatic carbocycles. The Morgan fingerprint density at radius 1 is 1.37 bits per heavy atom. The van der Waals surface area contributed by atoms with Crippen molar-refractivity contribution in [3.8, 4) is 5.75 Å². The Hall–Kier alpha value is -1.77. The maximum Gasteiger partial charge on any atom is 0.573 e. The lowest BCUT2D eigenvalue weighted by molar-refractivity contribution is -0.275. The van der Waals surface area contributed by atoms with Gasteiger partial charge >= 0.3 is 6.36 Å². The summed E-state index contributed by atoms with van der Waals surface area (Å²) in [6.45, 7) is 1.34. The number of fused-ring (bicyclic) bond motifs is 1. The van der Waals surface area contributed by atoms with Gasteiger partial charge in [0.25, 0.3) is 0 Å². The molecule has 2 aromatic rings. The van der Waals surface area contributed by atoms with Crippen LogP contribution in [0.15, 0.2) is 23.4 Å². The molecule has 19 heavy (non-hydrogen) atoms. The van der Waals surface area contributed by atoms with Gasteiger partial charge in [0.2, 0.25) is 0 Å². The number of sulfone groups is 1. The lowest BCUT2D eigenvalue weighted by Gasteiger charge is -2.13. The van der Waals surface area contributed by atoms with Gasteiger partial charge in [0.1, 0.15) is 10.6 Å². The fourth-order valence-corrected chi connectivity index (χ4v) is 2.56. The quantitative estimate of drug-likeness (QED) is 0.942. The van der Waals surface area contributed by atoms with Crippen molar-refractivity contribution in [2.75, 3.05) is 5.75 Å². The Morgan fingerprint density at radius 3 is 2.63 bits per heavy atom. The van der Waals surface area contributed by atoms with Crippen LogP contribution in [0.5, 0.6) is 5.75 Å². The summed E-state index contributed by atoms with van der Waals surface area (Å²) in [5, 5.41) is 0. The van der Waals surface area contributed by atoms with Crippen LogP contribution in [0, 0.1) is 0 Å². The number of aromatic amines is 1. The summed E-state index contributed by atoms with van der Waals surface area (Å²) in [5.74, 6) is -1.10. The van der Waals surface area contributed by atoms with E-state index in [1.54, 1.807) is 0 Å². The first-order chi connectivity index (χ1) is 8.73. The zero-order valence-electron chi connectivity index (χ0n) is 9.65. The number of imidazole rings is 1. The highest BCUT2D eigenvalue weighted by molar-refractivity contribution is 7.91. The van der Waals surface area contributed by atoms with E-state index in [4.69, 9.17) is 0 Å². The van der Waals surface area contributed by atoms with Crippen molar-refractivity contribution in [1.82, 2.24) is 9.97 Å². The van der Waals surface area contributed by atoms with Gasteiger partial charge in [0, 0.05) is 6.07 Å². The summed E-state index contributed by atoms with van der Waals surface area (Å²) in [7, 11) is -3.84. The third-order valence-corrected chi connectivity index (χ3v) is 4.18. The number of benzene rings is 1. The second-order valence-corrected chi connectivity index (χ2v) is 5.92. The van der Waals surface area contributed by atoms with Crippen LogP contribution in [0.3, 0.4) is 0 Å².